The number of hydrogen-bond donors (Lipinski definition) is 1. The molecule has 0 radical (unpaired) electrons. The second kappa shape index (κ2) is 7.04. The van der Waals surface area contributed by atoms with Crippen LogP contribution in [0.4, 0.5) is 0 Å². The standard InChI is InChI=1S/C13H18O4/c1-10(12(14)8-13(15)16-2)17-9-11-6-4-3-5-7-11/h3-7,10,12,14H,8-9H2,1-2H3/t10-,12-/m1/s1. The molecule has 0 aliphatic heterocycles. The summed E-state index contributed by atoms with van der Waals surface area (Å²) in [5.41, 5.74) is 1.03. The lowest BCUT2D eigenvalue weighted by atomic mass is 10.1. The van der Waals surface area contributed by atoms with Crippen molar-refractivity contribution < 1.29 is 19.4 Å². The van der Waals surface area contributed by atoms with Gasteiger partial charge in [-0.15, -0.1) is 0 Å². The summed E-state index contributed by atoms with van der Waals surface area (Å²) < 4.78 is 9.96. The van der Waals surface area contributed by atoms with Gasteiger partial charge in [0.15, 0.2) is 0 Å². The SMILES string of the molecule is COC(=O)C[C@@H](O)[C@@H](C)OCc1ccccc1. The average Bonchev–Trinajstić information content (AvgIpc) is 2.36. The van der Waals surface area contributed by atoms with Crippen molar-refractivity contribution in [2.75, 3.05) is 7.11 Å². The third-order valence-corrected chi connectivity index (χ3v) is 2.50. The van der Waals surface area contributed by atoms with Gasteiger partial charge in [-0.05, 0) is 12.5 Å². The maximum atomic E-state index is 11.0. The Morgan fingerprint density at radius 3 is 2.59 bits per heavy atom. The van der Waals surface area contributed by atoms with Crippen LogP contribution in [0.5, 0.6) is 0 Å². The summed E-state index contributed by atoms with van der Waals surface area (Å²) in [6.07, 6.45) is -1.30. The van der Waals surface area contributed by atoms with E-state index in [0.717, 1.165) is 5.56 Å². The lowest BCUT2D eigenvalue weighted by Gasteiger charge is -2.18. The van der Waals surface area contributed by atoms with E-state index in [1.54, 1.807) is 6.92 Å². The van der Waals surface area contributed by atoms with Gasteiger partial charge < -0.3 is 14.6 Å². The van der Waals surface area contributed by atoms with Crippen molar-refractivity contribution in [1.29, 1.82) is 0 Å². The van der Waals surface area contributed by atoms with Crippen LogP contribution in [0.25, 0.3) is 0 Å². The van der Waals surface area contributed by atoms with Crippen LogP contribution >= 0.6 is 0 Å². The van der Waals surface area contributed by atoms with E-state index < -0.39 is 18.2 Å². The number of aliphatic hydroxyl groups excluding tert-OH is 1. The highest BCUT2D eigenvalue weighted by atomic mass is 16.5. The Bertz CT molecular complexity index is 337. The van der Waals surface area contributed by atoms with E-state index in [1.807, 2.05) is 30.3 Å². The highest BCUT2D eigenvalue weighted by molar-refractivity contribution is 5.69. The number of rotatable bonds is 6. The molecular weight excluding hydrogens is 220 g/mol. The highest BCUT2D eigenvalue weighted by Gasteiger charge is 2.18. The van der Waals surface area contributed by atoms with Crippen molar-refractivity contribution in [2.45, 2.75) is 32.2 Å². The quantitative estimate of drug-likeness (QED) is 0.763. The van der Waals surface area contributed by atoms with Crippen molar-refractivity contribution in [2.24, 2.45) is 0 Å². The molecule has 0 unspecified atom stereocenters. The Hall–Kier alpha value is -1.39. The average molecular weight is 238 g/mol. The minimum atomic E-state index is -0.842. The van der Waals surface area contributed by atoms with Gasteiger partial charge in [-0.1, -0.05) is 30.3 Å². The summed E-state index contributed by atoms with van der Waals surface area (Å²) in [4.78, 5) is 11.0. The third-order valence-electron chi connectivity index (χ3n) is 2.50. The smallest absolute Gasteiger partial charge is 0.308 e. The molecule has 1 rings (SSSR count). The van der Waals surface area contributed by atoms with Gasteiger partial charge in [-0.2, -0.15) is 0 Å². The Morgan fingerprint density at radius 1 is 1.35 bits per heavy atom. The van der Waals surface area contributed by atoms with Crippen LogP contribution in [0.3, 0.4) is 0 Å². The van der Waals surface area contributed by atoms with Crippen LogP contribution in [-0.2, 0) is 20.9 Å². The minimum Gasteiger partial charge on any atom is -0.469 e. The van der Waals surface area contributed by atoms with Gasteiger partial charge in [0.2, 0.25) is 0 Å². The monoisotopic (exact) mass is 238 g/mol. The molecule has 0 fully saturated rings. The van der Waals surface area contributed by atoms with Gasteiger partial charge in [0.05, 0.1) is 32.3 Å². The largest absolute Gasteiger partial charge is 0.469 e. The van der Waals surface area contributed by atoms with E-state index in [1.165, 1.54) is 7.11 Å². The zero-order valence-electron chi connectivity index (χ0n) is 10.1. The summed E-state index contributed by atoms with van der Waals surface area (Å²) in [5.74, 6) is -0.437. The van der Waals surface area contributed by atoms with Gasteiger partial charge in [0.25, 0.3) is 0 Å². The zero-order chi connectivity index (χ0) is 12.7. The molecule has 1 aromatic rings. The molecule has 0 bridgehead atoms. The van der Waals surface area contributed by atoms with Crippen LogP contribution in [0.15, 0.2) is 30.3 Å². The maximum Gasteiger partial charge on any atom is 0.308 e. The molecule has 0 spiro atoms. The van der Waals surface area contributed by atoms with Crippen LogP contribution in [0, 0.1) is 0 Å². The van der Waals surface area contributed by atoms with E-state index in [0.29, 0.717) is 6.61 Å². The molecular formula is C13H18O4. The highest BCUT2D eigenvalue weighted by Crippen LogP contribution is 2.08. The number of hydrogen-bond acceptors (Lipinski definition) is 4. The molecule has 4 heteroatoms. The van der Waals surface area contributed by atoms with E-state index in [2.05, 4.69) is 4.74 Å². The summed E-state index contributed by atoms with van der Waals surface area (Å²) >= 11 is 0. The van der Waals surface area contributed by atoms with Crippen molar-refractivity contribution in [3.63, 3.8) is 0 Å². The van der Waals surface area contributed by atoms with Crippen molar-refractivity contribution in [1.82, 2.24) is 0 Å². The second-order valence-electron chi connectivity index (χ2n) is 3.85. The summed E-state index contributed by atoms with van der Waals surface area (Å²) in [6.45, 7) is 2.15. The molecule has 0 amide bonds. The van der Waals surface area contributed by atoms with Crippen LogP contribution < -0.4 is 0 Å². The third kappa shape index (κ3) is 4.97. The fourth-order valence-electron chi connectivity index (χ4n) is 1.33. The van der Waals surface area contributed by atoms with Crippen molar-refractivity contribution >= 4 is 5.97 Å². The molecule has 4 nitrogen and oxygen atoms in total. The van der Waals surface area contributed by atoms with Gasteiger partial charge in [-0.25, -0.2) is 0 Å². The first-order valence-corrected chi connectivity index (χ1v) is 5.54. The molecule has 0 heterocycles. The number of ether oxygens (including phenoxy) is 2. The molecule has 0 aliphatic carbocycles. The summed E-state index contributed by atoms with van der Waals surface area (Å²) in [5, 5.41) is 9.67. The minimum absolute atomic E-state index is 0.0492. The number of methoxy groups -OCH3 is 1. The lowest BCUT2D eigenvalue weighted by molar-refractivity contribution is -0.145. The van der Waals surface area contributed by atoms with E-state index in [4.69, 9.17) is 4.74 Å². The predicted molar refractivity (Wildman–Crippen MR) is 63.3 cm³/mol. The first-order chi connectivity index (χ1) is 8.13. The van der Waals surface area contributed by atoms with E-state index in [-0.39, 0.29) is 6.42 Å². The van der Waals surface area contributed by atoms with Gasteiger partial charge in [-0.3, -0.25) is 4.79 Å². The van der Waals surface area contributed by atoms with E-state index in [9.17, 15) is 9.90 Å². The summed E-state index contributed by atoms with van der Waals surface area (Å²) in [6, 6.07) is 9.67. The van der Waals surface area contributed by atoms with Gasteiger partial charge in [0, 0.05) is 0 Å². The fraction of sp³-hybridized carbons (Fsp3) is 0.462. The topological polar surface area (TPSA) is 55.8 Å². The van der Waals surface area contributed by atoms with Gasteiger partial charge in [0.1, 0.15) is 0 Å². The zero-order valence-corrected chi connectivity index (χ0v) is 10.1. The lowest BCUT2D eigenvalue weighted by Crippen LogP contribution is -2.28. The number of benzene rings is 1. The Balaban J connectivity index is 2.34. The molecule has 0 aromatic heterocycles. The normalized spacial score (nSPS) is 14.1. The van der Waals surface area contributed by atoms with Crippen LogP contribution in [0.2, 0.25) is 0 Å². The number of carbonyl (C=O) groups excluding carboxylic acids is 1. The fourth-order valence-corrected chi connectivity index (χ4v) is 1.33. The summed E-state index contributed by atoms with van der Waals surface area (Å²) in [7, 11) is 1.30. The maximum absolute atomic E-state index is 11.0. The first-order valence-electron chi connectivity index (χ1n) is 5.54. The second-order valence-corrected chi connectivity index (χ2v) is 3.85. The van der Waals surface area contributed by atoms with Gasteiger partial charge >= 0.3 is 5.97 Å². The molecule has 1 aromatic carbocycles. The van der Waals surface area contributed by atoms with Crippen LogP contribution in [-0.4, -0.2) is 30.4 Å². The number of aliphatic hydroxyl groups is 1. The first kappa shape index (κ1) is 13.7. The molecule has 0 saturated carbocycles. The van der Waals surface area contributed by atoms with Crippen molar-refractivity contribution in [3.05, 3.63) is 35.9 Å². The Kier molecular flexibility index (Phi) is 5.66. The van der Waals surface area contributed by atoms with Crippen LogP contribution in [0.1, 0.15) is 18.9 Å². The molecule has 1 N–H and O–H groups in total. The predicted octanol–water partition coefficient (Wildman–Crippen LogP) is 1.52. The Labute approximate surface area is 101 Å². The molecule has 17 heavy (non-hydrogen) atoms. The number of esters is 1. The molecule has 0 saturated heterocycles. The number of carbonyl (C=O) groups is 1. The molecule has 2 atom stereocenters. The van der Waals surface area contributed by atoms with E-state index >= 15 is 0 Å². The Morgan fingerprint density at radius 2 is 2.00 bits per heavy atom. The molecule has 0 aliphatic rings. The molecule has 94 valence electrons. The van der Waals surface area contributed by atoms with Crippen molar-refractivity contribution in [3.8, 4) is 0 Å².